The smallest absolute Gasteiger partial charge is 0.380 e. The van der Waals surface area contributed by atoms with E-state index in [4.69, 9.17) is 0 Å². The molecule has 0 saturated heterocycles. The van der Waals surface area contributed by atoms with Gasteiger partial charge in [-0.2, -0.15) is 13.2 Å². The van der Waals surface area contributed by atoms with Gasteiger partial charge in [0.05, 0.1) is 23.1 Å². The van der Waals surface area contributed by atoms with Crippen molar-refractivity contribution in [1.82, 2.24) is 15.0 Å². The summed E-state index contributed by atoms with van der Waals surface area (Å²) >= 11 is 0. The Labute approximate surface area is 194 Å². The molecule has 34 heavy (non-hydrogen) atoms. The van der Waals surface area contributed by atoms with Gasteiger partial charge in [0.25, 0.3) is 0 Å². The highest BCUT2D eigenvalue weighted by Crippen LogP contribution is 2.44. The molecule has 4 nitrogen and oxygen atoms in total. The second-order valence-corrected chi connectivity index (χ2v) is 9.39. The van der Waals surface area contributed by atoms with E-state index >= 15 is 0 Å². The number of rotatable bonds is 6. The van der Waals surface area contributed by atoms with Gasteiger partial charge in [0, 0.05) is 23.7 Å². The van der Waals surface area contributed by atoms with Gasteiger partial charge in [-0.25, -0.2) is 4.39 Å². The summed E-state index contributed by atoms with van der Waals surface area (Å²) in [4.78, 5) is 11.5. The van der Waals surface area contributed by atoms with Crippen LogP contribution in [0.4, 0.5) is 17.6 Å². The predicted molar refractivity (Wildman–Crippen MR) is 123 cm³/mol. The van der Waals surface area contributed by atoms with Crippen molar-refractivity contribution in [2.75, 3.05) is 0 Å². The number of nitrogens with zero attached hydrogens (tertiary/aromatic N) is 2. The van der Waals surface area contributed by atoms with Crippen LogP contribution < -0.4 is 0 Å². The van der Waals surface area contributed by atoms with Crippen molar-refractivity contribution in [2.45, 2.75) is 50.8 Å². The number of halogens is 4. The van der Waals surface area contributed by atoms with Gasteiger partial charge in [-0.1, -0.05) is 26.0 Å². The standard InChI is InChI=1S/C26H25F4N3O/c1-16-7-8-18(27)12-20(16)24(2,3)15-25(34,26(28,29)30)13-19-10-17-11-22(32-14-23(17)33-19)21-6-4-5-9-31-21/h4-12,14,33-34H,13,15H2,1-3H3. The highest BCUT2D eigenvalue weighted by Gasteiger charge is 2.56. The Morgan fingerprint density at radius 2 is 1.74 bits per heavy atom. The van der Waals surface area contributed by atoms with Crippen LogP contribution in [0.3, 0.4) is 0 Å². The summed E-state index contributed by atoms with van der Waals surface area (Å²) in [7, 11) is 0. The number of benzene rings is 1. The topological polar surface area (TPSA) is 61.8 Å². The second-order valence-electron chi connectivity index (χ2n) is 9.39. The summed E-state index contributed by atoms with van der Waals surface area (Å²) in [5.74, 6) is -0.531. The molecule has 4 aromatic rings. The van der Waals surface area contributed by atoms with E-state index in [1.54, 1.807) is 51.2 Å². The minimum atomic E-state index is -4.90. The Balaban J connectivity index is 1.67. The molecule has 0 bridgehead atoms. The molecule has 1 aromatic carbocycles. The largest absolute Gasteiger partial charge is 0.417 e. The van der Waals surface area contributed by atoms with Crippen molar-refractivity contribution < 1.29 is 22.7 Å². The molecule has 0 saturated carbocycles. The Bertz CT molecular complexity index is 1310. The summed E-state index contributed by atoms with van der Waals surface area (Å²) in [5, 5.41) is 11.6. The maximum absolute atomic E-state index is 14.2. The Morgan fingerprint density at radius 1 is 0.971 bits per heavy atom. The van der Waals surface area contributed by atoms with Crippen LogP contribution in [0.1, 0.15) is 37.1 Å². The Kier molecular flexibility index (Phi) is 5.97. The van der Waals surface area contributed by atoms with Crippen molar-refractivity contribution in [1.29, 1.82) is 0 Å². The molecule has 0 radical (unpaired) electrons. The SMILES string of the molecule is Cc1ccc(F)cc1C(C)(C)CC(O)(Cc1cc2cc(-c3ccccn3)ncc2[nH]1)C(F)(F)F. The molecule has 8 heteroatoms. The minimum absolute atomic E-state index is 0.224. The van der Waals surface area contributed by atoms with Crippen LogP contribution in [-0.4, -0.2) is 31.8 Å². The molecule has 3 heterocycles. The molecule has 4 rings (SSSR count). The van der Waals surface area contributed by atoms with E-state index in [0.29, 0.717) is 33.4 Å². The predicted octanol–water partition coefficient (Wildman–Crippen LogP) is 6.28. The average molecular weight is 471 g/mol. The first-order valence-corrected chi connectivity index (χ1v) is 10.8. The number of nitrogens with one attached hydrogen (secondary N) is 1. The van der Waals surface area contributed by atoms with Gasteiger partial charge in [-0.05, 0) is 66.3 Å². The van der Waals surface area contributed by atoms with Crippen LogP contribution in [0.5, 0.6) is 0 Å². The van der Waals surface area contributed by atoms with E-state index in [-0.39, 0.29) is 5.69 Å². The fourth-order valence-corrected chi connectivity index (χ4v) is 4.57. The molecule has 0 aliphatic carbocycles. The Morgan fingerprint density at radius 3 is 2.41 bits per heavy atom. The van der Waals surface area contributed by atoms with Gasteiger partial charge in [-0.15, -0.1) is 0 Å². The van der Waals surface area contributed by atoms with Gasteiger partial charge >= 0.3 is 6.18 Å². The summed E-state index contributed by atoms with van der Waals surface area (Å²) in [5.41, 5.74) is -1.07. The normalized spacial score (nSPS) is 14.4. The quantitative estimate of drug-likeness (QED) is 0.326. The first-order valence-electron chi connectivity index (χ1n) is 10.8. The van der Waals surface area contributed by atoms with Gasteiger partial charge in [0.15, 0.2) is 5.60 Å². The van der Waals surface area contributed by atoms with Crippen molar-refractivity contribution in [3.63, 3.8) is 0 Å². The van der Waals surface area contributed by atoms with Crippen molar-refractivity contribution >= 4 is 10.9 Å². The molecule has 2 N–H and O–H groups in total. The van der Waals surface area contributed by atoms with Crippen molar-refractivity contribution in [3.8, 4) is 11.4 Å². The number of hydrogen-bond donors (Lipinski definition) is 2. The fraction of sp³-hybridized carbons (Fsp3) is 0.308. The van der Waals surface area contributed by atoms with E-state index in [9.17, 15) is 22.7 Å². The van der Waals surface area contributed by atoms with E-state index in [0.717, 1.165) is 0 Å². The minimum Gasteiger partial charge on any atom is -0.380 e. The third-order valence-electron chi connectivity index (χ3n) is 6.16. The highest BCUT2D eigenvalue weighted by atomic mass is 19.4. The first kappa shape index (κ1) is 23.9. The molecule has 0 aliphatic rings. The van der Waals surface area contributed by atoms with Crippen LogP contribution in [0.15, 0.2) is 60.9 Å². The molecule has 1 atom stereocenters. The molecule has 0 spiro atoms. The van der Waals surface area contributed by atoms with Crippen LogP contribution >= 0.6 is 0 Å². The van der Waals surface area contributed by atoms with E-state index in [1.165, 1.54) is 24.4 Å². The van der Waals surface area contributed by atoms with E-state index in [2.05, 4.69) is 15.0 Å². The summed E-state index contributed by atoms with van der Waals surface area (Å²) < 4.78 is 56.5. The van der Waals surface area contributed by atoms with Gasteiger partial charge in [0.2, 0.25) is 0 Å². The molecule has 178 valence electrons. The summed E-state index contributed by atoms with van der Waals surface area (Å²) in [6.45, 7) is 4.88. The van der Waals surface area contributed by atoms with Crippen LogP contribution in [0.25, 0.3) is 22.3 Å². The zero-order valence-corrected chi connectivity index (χ0v) is 19.0. The Hall–Kier alpha value is -3.26. The monoisotopic (exact) mass is 471 g/mol. The number of aliphatic hydroxyl groups is 1. The summed E-state index contributed by atoms with van der Waals surface area (Å²) in [6.07, 6.45) is -3.05. The molecule has 0 aliphatic heterocycles. The molecule has 0 amide bonds. The van der Waals surface area contributed by atoms with Crippen molar-refractivity contribution in [2.24, 2.45) is 0 Å². The molecular formula is C26H25F4N3O. The van der Waals surface area contributed by atoms with E-state index < -0.39 is 35.9 Å². The van der Waals surface area contributed by atoms with Crippen LogP contribution in [0.2, 0.25) is 0 Å². The zero-order valence-electron chi connectivity index (χ0n) is 19.0. The lowest BCUT2D eigenvalue weighted by atomic mass is 9.72. The van der Waals surface area contributed by atoms with E-state index in [1.807, 2.05) is 6.07 Å². The number of aryl methyl sites for hydroxylation is 1. The number of aromatic nitrogens is 3. The number of aromatic amines is 1. The fourth-order valence-electron chi connectivity index (χ4n) is 4.57. The third-order valence-corrected chi connectivity index (χ3v) is 6.16. The van der Waals surface area contributed by atoms with Gasteiger partial charge in [-0.3, -0.25) is 9.97 Å². The number of hydrogen-bond acceptors (Lipinski definition) is 3. The molecular weight excluding hydrogens is 446 g/mol. The number of fused-ring (bicyclic) bond motifs is 1. The zero-order chi connectivity index (χ0) is 24.7. The average Bonchev–Trinajstić information content (AvgIpc) is 3.15. The van der Waals surface area contributed by atoms with Crippen LogP contribution in [0, 0.1) is 12.7 Å². The lowest BCUT2D eigenvalue weighted by Gasteiger charge is -2.38. The maximum Gasteiger partial charge on any atom is 0.417 e. The maximum atomic E-state index is 14.2. The summed E-state index contributed by atoms with van der Waals surface area (Å²) in [6, 6.07) is 12.8. The van der Waals surface area contributed by atoms with Crippen LogP contribution in [-0.2, 0) is 11.8 Å². The molecule has 0 fully saturated rings. The number of H-pyrrole nitrogens is 1. The van der Waals surface area contributed by atoms with Gasteiger partial charge < -0.3 is 10.1 Å². The lowest BCUT2D eigenvalue weighted by molar-refractivity contribution is -0.266. The second kappa shape index (κ2) is 8.51. The van der Waals surface area contributed by atoms with Gasteiger partial charge in [0.1, 0.15) is 5.82 Å². The number of pyridine rings is 2. The van der Waals surface area contributed by atoms with Crippen molar-refractivity contribution in [3.05, 3.63) is 83.6 Å². The highest BCUT2D eigenvalue weighted by molar-refractivity contribution is 5.83. The molecule has 1 unspecified atom stereocenters. The lowest BCUT2D eigenvalue weighted by Crippen LogP contribution is -2.51. The number of alkyl halides is 3. The molecule has 3 aromatic heterocycles. The third kappa shape index (κ3) is 4.68. The first-order chi connectivity index (χ1) is 15.9.